The minimum atomic E-state index is -0.937. The number of aryl methyl sites for hydroxylation is 1. The molecule has 0 aliphatic carbocycles. The Hall–Kier alpha value is -2.63. The topological polar surface area (TPSA) is 92.4 Å². The lowest BCUT2D eigenvalue weighted by atomic mass is 10.2. The molecular weight excluding hydrogens is 260 g/mol. The van der Waals surface area contributed by atoms with Crippen molar-refractivity contribution in [1.29, 1.82) is 0 Å². The Bertz CT molecular complexity index is 576. The number of furan rings is 1. The van der Waals surface area contributed by atoms with Crippen LogP contribution in [0.15, 0.2) is 41.1 Å². The van der Waals surface area contributed by atoms with Gasteiger partial charge in [0.15, 0.2) is 0 Å². The van der Waals surface area contributed by atoms with Crippen LogP contribution in [0, 0.1) is 0 Å². The summed E-state index contributed by atoms with van der Waals surface area (Å²) in [5.41, 5.74) is 0.995. The highest BCUT2D eigenvalue weighted by atomic mass is 16.4. The molecule has 6 nitrogen and oxygen atoms in total. The van der Waals surface area contributed by atoms with Crippen LogP contribution in [0.3, 0.4) is 0 Å². The van der Waals surface area contributed by atoms with Crippen molar-refractivity contribution in [2.75, 3.05) is 5.32 Å². The zero-order valence-electron chi connectivity index (χ0n) is 10.7. The van der Waals surface area contributed by atoms with E-state index in [1.807, 2.05) is 6.07 Å². The van der Waals surface area contributed by atoms with Gasteiger partial charge >= 0.3 is 5.97 Å². The van der Waals surface area contributed by atoms with Crippen LogP contribution in [-0.2, 0) is 22.4 Å². The third-order valence-corrected chi connectivity index (χ3v) is 2.62. The van der Waals surface area contributed by atoms with Crippen LogP contribution in [0.4, 0.5) is 5.69 Å². The summed E-state index contributed by atoms with van der Waals surface area (Å²) in [6.45, 7) is 0. The van der Waals surface area contributed by atoms with Crippen LogP contribution in [0.5, 0.6) is 0 Å². The molecule has 0 saturated heterocycles. The molecule has 1 amide bonds. The summed E-state index contributed by atoms with van der Waals surface area (Å²) in [6, 6.07) is 6.81. The van der Waals surface area contributed by atoms with E-state index >= 15 is 0 Å². The molecule has 104 valence electrons. The number of carboxylic acids is 1. The predicted molar refractivity (Wildman–Crippen MR) is 71.2 cm³/mol. The molecule has 0 aliphatic heterocycles. The second-order valence-corrected chi connectivity index (χ2v) is 4.24. The molecule has 0 saturated carbocycles. The number of carbonyl (C=O) groups excluding carboxylic acids is 1. The molecule has 0 aromatic carbocycles. The van der Waals surface area contributed by atoms with Gasteiger partial charge in [-0.05, 0) is 24.3 Å². The van der Waals surface area contributed by atoms with Gasteiger partial charge in [-0.15, -0.1) is 0 Å². The molecule has 0 unspecified atom stereocenters. The Kier molecular flexibility index (Phi) is 4.49. The summed E-state index contributed by atoms with van der Waals surface area (Å²) in [4.78, 5) is 26.2. The molecule has 2 heterocycles. The zero-order valence-corrected chi connectivity index (χ0v) is 10.7. The second-order valence-electron chi connectivity index (χ2n) is 4.24. The van der Waals surface area contributed by atoms with Crippen molar-refractivity contribution < 1.29 is 19.1 Å². The zero-order chi connectivity index (χ0) is 14.4. The van der Waals surface area contributed by atoms with E-state index in [2.05, 4.69) is 10.3 Å². The molecule has 2 aromatic heterocycles. The van der Waals surface area contributed by atoms with Crippen molar-refractivity contribution in [1.82, 2.24) is 4.98 Å². The Labute approximate surface area is 115 Å². The first kappa shape index (κ1) is 13.8. The van der Waals surface area contributed by atoms with Crippen LogP contribution in [0.25, 0.3) is 0 Å². The summed E-state index contributed by atoms with van der Waals surface area (Å²) < 4.78 is 5.14. The standard InChI is InChI=1S/C14H14N2O4/c17-13(6-5-12-2-1-7-20-12)16-11-4-3-10(15-9-11)8-14(18)19/h1-4,7,9H,5-6,8H2,(H,16,17)(H,18,19). The van der Waals surface area contributed by atoms with Crippen molar-refractivity contribution in [2.45, 2.75) is 19.3 Å². The van der Waals surface area contributed by atoms with Crippen molar-refractivity contribution in [3.05, 3.63) is 48.2 Å². The van der Waals surface area contributed by atoms with E-state index in [1.54, 1.807) is 24.5 Å². The summed E-state index contributed by atoms with van der Waals surface area (Å²) >= 11 is 0. The number of rotatable bonds is 6. The SMILES string of the molecule is O=C(O)Cc1ccc(NC(=O)CCc2ccco2)cn1. The summed E-state index contributed by atoms with van der Waals surface area (Å²) in [6.07, 6.45) is 3.72. The van der Waals surface area contributed by atoms with Gasteiger partial charge in [-0.25, -0.2) is 0 Å². The number of amides is 1. The van der Waals surface area contributed by atoms with E-state index in [4.69, 9.17) is 9.52 Å². The van der Waals surface area contributed by atoms with Crippen molar-refractivity contribution in [3.63, 3.8) is 0 Å². The summed E-state index contributed by atoms with van der Waals surface area (Å²) in [7, 11) is 0. The Morgan fingerprint density at radius 1 is 1.30 bits per heavy atom. The lowest BCUT2D eigenvalue weighted by molar-refractivity contribution is -0.136. The van der Waals surface area contributed by atoms with Crippen LogP contribution in [-0.4, -0.2) is 22.0 Å². The summed E-state index contributed by atoms with van der Waals surface area (Å²) in [5, 5.41) is 11.3. The number of nitrogens with one attached hydrogen (secondary N) is 1. The van der Waals surface area contributed by atoms with E-state index in [1.165, 1.54) is 6.20 Å². The quantitative estimate of drug-likeness (QED) is 0.838. The number of hydrogen-bond donors (Lipinski definition) is 2. The number of nitrogens with zero attached hydrogens (tertiary/aromatic N) is 1. The predicted octanol–water partition coefficient (Wildman–Crippen LogP) is 1.87. The number of hydrogen-bond acceptors (Lipinski definition) is 4. The van der Waals surface area contributed by atoms with Crippen LogP contribution >= 0.6 is 0 Å². The Balaban J connectivity index is 1.83. The van der Waals surface area contributed by atoms with E-state index in [-0.39, 0.29) is 12.3 Å². The molecule has 0 radical (unpaired) electrons. The molecule has 0 fully saturated rings. The molecule has 0 spiro atoms. The molecule has 20 heavy (non-hydrogen) atoms. The number of anilines is 1. The Morgan fingerprint density at radius 3 is 2.75 bits per heavy atom. The molecule has 0 atom stereocenters. The third kappa shape index (κ3) is 4.24. The average Bonchev–Trinajstić information content (AvgIpc) is 2.91. The maximum absolute atomic E-state index is 11.7. The van der Waals surface area contributed by atoms with Gasteiger partial charge in [0.2, 0.25) is 5.91 Å². The minimum Gasteiger partial charge on any atom is -0.481 e. The fraction of sp³-hybridized carbons (Fsp3) is 0.214. The van der Waals surface area contributed by atoms with E-state index in [0.717, 1.165) is 5.76 Å². The van der Waals surface area contributed by atoms with Crippen LogP contribution in [0.1, 0.15) is 17.9 Å². The van der Waals surface area contributed by atoms with Gasteiger partial charge in [-0.3, -0.25) is 14.6 Å². The lowest BCUT2D eigenvalue weighted by Gasteiger charge is -2.04. The van der Waals surface area contributed by atoms with Gasteiger partial charge in [0.25, 0.3) is 0 Å². The monoisotopic (exact) mass is 274 g/mol. The second kappa shape index (κ2) is 6.51. The van der Waals surface area contributed by atoms with E-state index in [9.17, 15) is 9.59 Å². The highest BCUT2D eigenvalue weighted by Crippen LogP contribution is 2.09. The average molecular weight is 274 g/mol. The van der Waals surface area contributed by atoms with Gasteiger partial charge in [-0.1, -0.05) is 0 Å². The van der Waals surface area contributed by atoms with E-state index < -0.39 is 5.97 Å². The van der Waals surface area contributed by atoms with Gasteiger partial charge in [0, 0.05) is 12.8 Å². The maximum Gasteiger partial charge on any atom is 0.309 e. The molecule has 0 bridgehead atoms. The molecule has 6 heteroatoms. The third-order valence-electron chi connectivity index (χ3n) is 2.62. The fourth-order valence-corrected chi connectivity index (χ4v) is 1.67. The molecule has 0 aliphatic rings. The molecule has 2 N–H and O–H groups in total. The number of aromatic nitrogens is 1. The van der Waals surface area contributed by atoms with Crippen molar-refractivity contribution >= 4 is 17.6 Å². The smallest absolute Gasteiger partial charge is 0.309 e. The van der Waals surface area contributed by atoms with Gasteiger partial charge in [0.1, 0.15) is 5.76 Å². The first-order valence-electron chi connectivity index (χ1n) is 6.12. The first-order valence-corrected chi connectivity index (χ1v) is 6.12. The molecular formula is C14H14N2O4. The van der Waals surface area contributed by atoms with Crippen LogP contribution in [0.2, 0.25) is 0 Å². The normalized spacial score (nSPS) is 10.2. The van der Waals surface area contributed by atoms with Gasteiger partial charge < -0.3 is 14.8 Å². The molecule has 2 aromatic rings. The number of pyridine rings is 1. The van der Waals surface area contributed by atoms with Gasteiger partial charge in [0.05, 0.1) is 30.3 Å². The highest BCUT2D eigenvalue weighted by Gasteiger charge is 2.06. The maximum atomic E-state index is 11.7. The minimum absolute atomic E-state index is 0.132. The van der Waals surface area contributed by atoms with E-state index in [0.29, 0.717) is 24.2 Å². The number of aliphatic carboxylic acids is 1. The van der Waals surface area contributed by atoms with Gasteiger partial charge in [-0.2, -0.15) is 0 Å². The number of carboxylic acid groups (broad SMARTS) is 1. The number of carbonyl (C=O) groups is 2. The Morgan fingerprint density at radius 2 is 2.15 bits per heavy atom. The highest BCUT2D eigenvalue weighted by molar-refractivity contribution is 5.90. The van der Waals surface area contributed by atoms with Crippen LogP contribution < -0.4 is 5.32 Å². The fourth-order valence-electron chi connectivity index (χ4n) is 1.67. The largest absolute Gasteiger partial charge is 0.481 e. The molecule has 2 rings (SSSR count). The van der Waals surface area contributed by atoms with Crippen molar-refractivity contribution in [2.24, 2.45) is 0 Å². The first-order chi connectivity index (χ1) is 9.63. The lowest BCUT2D eigenvalue weighted by Crippen LogP contribution is -2.12. The summed E-state index contributed by atoms with van der Waals surface area (Å²) in [5.74, 6) is -0.322. The van der Waals surface area contributed by atoms with Crippen molar-refractivity contribution in [3.8, 4) is 0 Å².